The minimum atomic E-state index is -1.19. The van der Waals surface area contributed by atoms with Crippen LogP contribution in [-0.2, 0) is 23.9 Å². The Labute approximate surface area is 317 Å². The van der Waals surface area contributed by atoms with E-state index in [1.54, 1.807) is 25.1 Å². The monoisotopic (exact) mass is 757 g/mol. The number of phenols is 1. The summed E-state index contributed by atoms with van der Waals surface area (Å²) >= 11 is 0. The first-order valence-corrected chi connectivity index (χ1v) is 19.5. The molecule has 1 fully saturated rings. The van der Waals surface area contributed by atoms with Crippen molar-refractivity contribution in [2.24, 2.45) is 5.92 Å². The van der Waals surface area contributed by atoms with Crippen LogP contribution in [0.25, 0.3) is 11.5 Å². The van der Waals surface area contributed by atoms with E-state index in [-0.39, 0.29) is 42.4 Å². The Morgan fingerprint density at radius 2 is 1.67 bits per heavy atom. The van der Waals surface area contributed by atoms with Gasteiger partial charge in [0.2, 0.25) is 17.7 Å². The number of oxazole rings is 1. The van der Waals surface area contributed by atoms with Gasteiger partial charge in [0.25, 0.3) is 11.8 Å². The van der Waals surface area contributed by atoms with Crippen molar-refractivity contribution in [3.63, 3.8) is 0 Å². The van der Waals surface area contributed by atoms with Crippen molar-refractivity contribution in [3.8, 4) is 17.2 Å². The summed E-state index contributed by atoms with van der Waals surface area (Å²) < 4.78 is 11.5. The van der Waals surface area contributed by atoms with Gasteiger partial charge in [0, 0.05) is 20.0 Å². The molecular weight excluding hydrogens is 698 g/mol. The number of esters is 1. The van der Waals surface area contributed by atoms with Gasteiger partial charge in [-0.25, -0.2) is 19.9 Å². The number of aromatic hydroxyl groups is 1. The highest BCUT2D eigenvalue weighted by atomic mass is 16.5. The van der Waals surface area contributed by atoms with E-state index in [4.69, 9.17) is 9.15 Å². The molecule has 0 spiro atoms. The van der Waals surface area contributed by atoms with Crippen molar-refractivity contribution >= 4 is 29.6 Å². The number of aromatic nitrogens is 1. The molecule has 2 aromatic rings. The number of amides is 4. The minimum Gasteiger partial charge on any atom is -0.507 e. The molecule has 0 unspecified atom stereocenters. The number of nitrogens with one attached hydrogen (secondary N) is 2. The number of phenolic OH excluding ortho intramolecular Hbond substituents is 1. The van der Waals surface area contributed by atoms with Gasteiger partial charge in [-0.05, 0) is 63.5 Å². The molecule has 2 heterocycles. The van der Waals surface area contributed by atoms with Gasteiger partial charge in [0.1, 0.15) is 30.2 Å². The molecule has 0 radical (unpaired) electrons. The Hall–Kier alpha value is -4.50. The number of carbonyl (C=O) groups excluding carboxylic acids is 5. The molecule has 3 rings (SSSR count). The molecule has 5 N–H and O–H groups in total. The zero-order valence-electron chi connectivity index (χ0n) is 32.0. The molecule has 4 amide bonds. The standard InChI is InChI=1S/C39H59N5O10/c1-4-5-6-7-8-9-10-11-12-23-34(27(2)35(47)40-30-20-15-18-25-44(52)38(30)49)54-39(50)31(21-16-17-24-43(51)28(3)45)41-36(48)32-26-53-37(42-32)29-19-13-14-22-33(29)46/h13-14,19,22,26-27,30-31,34,46,51-52H,4-12,15-18,20-21,23-25H2,1-3H3,(H,40,47)(H,41,48)/t27-,30-,31+,34+/m1/s1. The van der Waals surface area contributed by atoms with Crippen LogP contribution in [0.3, 0.4) is 0 Å². The SMILES string of the molecule is CCCCCCCCCCC[C@H](OC(=O)[C@H](CCCCN(O)C(C)=O)NC(=O)c1coc(-c2ccccc2O)n1)[C@@H](C)C(=O)N[C@@H]1CCCCN(O)C1=O. The molecule has 0 saturated carbocycles. The zero-order valence-corrected chi connectivity index (χ0v) is 32.0. The lowest BCUT2D eigenvalue weighted by molar-refractivity contribution is -0.167. The van der Waals surface area contributed by atoms with Gasteiger partial charge in [-0.1, -0.05) is 77.3 Å². The Morgan fingerprint density at radius 3 is 2.35 bits per heavy atom. The molecule has 300 valence electrons. The molecule has 1 aliphatic heterocycles. The zero-order chi connectivity index (χ0) is 39.5. The quantitative estimate of drug-likeness (QED) is 0.0389. The van der Waals surface area contributed by atoms with E-state index in [1.165, 1.54) is 38.7 Å². The number of para-hydroxylation sites is 1. The van der Waals surface area contributed by atoms with Gasteiger partial charge in [0.05, 0.1) is 11.5 Å². The van der Waals surface area contributed by atoms with Crippen LogP contribution >= 0.6 is 0 Å². The number of hydrogen-bond acceptors (Lipinski definition) is 11. The first-order valence-electron chi connectivity index (χ1n) is 19.5. The summed E-state index contributed by atoms with van der Waals surface area (Å²) in [5.41, 5.74) is 0.129. The van der Waals surface area contributed by atoms with Crippen LogP contribution < -0.4 is 10.6 Å². The van der Waals surface area contributed by atoms with Gasteiger partial charge < -0.3 is 24.9 Å². The third kappa shape index (κ3) is 14.4. The predicted octanol–water partition coefficient (Wildman–Crippen LogP) is 5.91. The third-order valence-electron chi connectivity index (χ3n) is 9.75. The van der Waals surface area contributed by atoms with E-state index in [1.807, 2.05) is 0 Å². The van der Waals surface area contributed by atoms with E-state index in [2.05, 4.69) is 22.5 Å². The molecule has 0 aliphatic carbocycles. The second-order valence-electron chi connectivity index (χ2n) is 14.1. The number of benzene rings is 1. The van der Waals surface area contributed by atoms with Crippen molar-refractivity contribution in [1.82, 2.24) is 25.7 Å². The molecule has 54 heavy (non-hydrogen) atoms. The molecule has 0 bridgehead atoms. The molecular formula is C39H59N5O10. The van der Waals surface area contributed by atoms with Crippen LogP contribution in [0.1, 0.15) is 134 Å². The van der Waals surface area contributed by atoms with E-state index in [9.17, 15) is 39.5 Å². The summed E-state index contributed by atoms with van der Waals surface area (Å²) in [6, 6.07) is 4.23. The van der Waals surface area contributed by atoms with Crippen molar-refractivity contribution < 1.29 is 48.6 Å². The number of rotatable bonds is 23. The van der Waals surface area contributed by atoms with Crippen molar-refractivity contribution in [2.75, 3.05) is 13.1 Å². The molecule has 1 aliphatic rings. The first kappa shape index (κ1) is 43.9. The van der Waals surface area contributed by atoms with E-state index in [0.29, 0.717) is 55.1 Å². The molecule has 1 saturated heterocycles. The minimum absolute atomic E-state index is 0.00183. The number of unbranched alkanes of at least 4 members (excludes halogenated alkanes) is 9. The van der Waals surface area contributed by atoms with Crippen molar-refractivity contribution in [2.45, 2.75) is 142 Å². The lowest BCUT2D eigenvalue weighted by Gasteiger charge is -2.28. The van der Waals surface area contributed by atoms with Crippen molar-refractivity contribution in [1.29, 1.82) is 0 Å². The van der Waals surface area contributed by atoms with Crippen LogP contribution in [0.2, 0.25) is 0 Å². The van der Waals surface area contributed by atoms with Gasteiger partial charge in [-0.3, -0.25) is 29.6 Å². The maximum Gasteiger partial charge on any atom is 0.328 e. The van der Waals surface area contributed by atoms with Crippen LogP contribution in [0.5, 0.6) is 5.75 Å². The summed E-state index contributed by atoms with van der Waals surface area (Å²) in [7, 11) is 0. The summed E-state index contributed by atoms with van der Waals surface area (Å²) in [5, 5.41) is 36.7. The molecule has 1 aromatic heterocycles. The molecule has 1 aromatic carbocycles. The van der Waals surface area contributed by atoms with Gasteiger partial charge in [-0.2, -0.15) is 0 Å². The highest BCUT2D eigenvalue weighted by Crippen LogP contribution is 2.28. The van der Waals surface area contributed by atoms with Gasteiger partial charge in [0.15, 0.2) is 5.69 Å². The van der Waals surface area contributed by atoms with Crippen LogP contribution in [0.4, 0.5) is 0 Å². The number of nitrogens with zero attached hydrogens (tertiary/aromatic N) is 3. The normalized spacial score (nSPS) is 16.2. The smallest absolute Gasteiger partial charge is 0.328 e. The Bertz CT molecular complexity index is 1500. The third-order valence-corrected chi connectivity index (χ3v) is 9.75. The predicted molar refractivity (Wildman–Crippen MR) is 198 cm³/mol. The lowest BCUT2D eigenvalue weighted by Crippen LogP contribution is -2.50. The average molecular weight is 758 g/mol. The van der Waals surface area contributed by atoms with Crippen LogP contribution in [0, 0.1) is 5.92 Å². The fourth-order valence-corrected chi connectivity index (χ4v) is 6.33. The Kier molecular flexibility index (Phi) is 19.0. The van der Waals surface area contributed by atoms with Gasteiger partial charge >= 0.3 is 5.97 Å². The summed E-state index contributed by atoms with van der Waals surface area (Å²) in [4.78, 5) is 69.2. The van der Waals surface area contributed by atoms with Crippen LogP contribution in [-0.4, -0.2) is 91.5 Å². The Morgan fingerprint density at radius 1 is 1.00 bits per heavy atom. The molecule has 4 atom stereocenters. The van der Waals surface area contributed by atoms with Crippen molar-refractivity contribution in [3.05, 3.63) is 36.2 Å². The van der Waals surface area contributed by atoms with Crippen LogP contribution in [0.15, 0.2) is 34.9 Å². The topological polar surface area (TPSA) is 212 Å². The highest BCUT2D eigenvalue weighted by Gasteiger charge is 2.34. The largest absolute Gasteiger partial charge is 0.507 e. The van der Waals surface area contributed by atoms with E-state index >= 15 is 0 Å². The average Bonchev–Trinajstić information content (AvgIpc) is 3.59. The fourth-order valence-electron chi connectivity index (χ4n) is 6.33. The second kappa shape index (κ2) is 23.3. The van der Waals surface area contributed by atoms with E-state index < -0.39 is 53.7 Å². The Balaban J connectivity index is 1.75. The number of ether oxygens (including phenoxy) is 1. The lowest BCUT2D eigenvalue weighted by atomic mass is 9.96. The first-order chi connectivity index (χ1) is 25.9. The summed E-state index contributed by atoms with van der Waals surface area (Å²) in [6.45, 7) is 5.23. The summed E-state index contributed by atoms with van der Waals surface area (Å²) in [6.07, 6.45) is 12.5. The molecule has 15 heteroatoms. The van der Waals surface area contributed by atoms with Gasteiger partial charge in [-0.15, -0.1) is 0 Å². The number of hydrogen-bond donors (Lipinski definition) is 5. The summed E-state index contributed by atoms with van der Waals surface area (Å²) in [5.74, 6) is -4.10. The number of hydroxylamine groups is 4. The number of carbonyl (C=O) groups is 5. The van der Waals surface area contributed by atoms with E-state index in [0.717, 1.165) is 31.9 Å². The highest BCUT2D eigenvalue weighted by molar-refractivity contribution is 5.95. The maximum absolute atomic E-state index is 13.9. The molecule has 15 nitrogen and oxygen atoms in total. The second-order valence-corrected chi connectivity index (χ2v) is 14.1. The fraction of sp³-hybridized carbons (Fsp3) is 0.641. The maximum atomic E-state index is 13.9.